The van der Waals surface area contributed by atoms with Gasteiger partial charge in [0.25, 0.3) is 0 Å². The Morgan fingerprint density at radius 2 is 1.79 bits per heavy atom. The lowest BCUT2D eigenvalue weighted by molar-refractivity contribution is -0.145. The lowest BCUT2D eigenvalue weighted by Crippen LogP contribution is -2.51. The van der Waals surface area contributed by atoms with E-state index in [1.54, 1.807) is 11.8 Å². The van der Waals surface area contributed by atoms with Crippen LogP contribution in [0.4, 0.5) is 15.4 Å². The molecule has 11 nitrogen and oxygen atoms in total. The number of fused-ring (bicyclic) bond motifs is 1. The van der Waals surface area contributed by atoms with Crippen LogP contribution >= 0.6 is 0 Å². The molecule has 0 spiro atoms. The van der Waals surface area contributed by atoms with Gasteiger partial charge in [-0.3, -0.25) is 9.69 Å². The molecule has 0 radical (unpaired) electrons. The van der Waals surface area contributed by atoms with Gasteiger partial charge < -0.3 is 24.8 Å². The largest absolute Gasteiger partial charge is 0.464 e. The molecule has 1 saturated carbocycles. The number of carbonyl (C=O) groups is 4. The van der Waals surface area contributed by atoms with Crippen molar-refractivity contribution in [3.05, 3.63) is 59.3 Å². The Kier molecular flexibility index (Phi) is 10.6. The molecule has 1 aliphatic heterocycles. The van der Waals surface area contributed by atoms with E-state index in [0.717, 1.165) is 29.7 Å². The van der Waals surface area contributed by atoms with Gasteiger partial charge in [-0.05, 0) is 82.9 Å². The molecule has 232 valence electrons. The Hall–Kier alpha value is -4.15. The van der Waals surface area contributed by atoms with E-state index in [1.807, 2.05) is 63.2 Å². The van der Waals surface area contributed by atoms with Crippen molar-refractivity contribution < 1.29 is 33.4 Å². The number of nitrogens with zero attached hydrogens (tertiary/aromatic N) is 2. The van der Waals surface area contributed by atoms with Gasteiger partial charge in [-0.25, -0.2) is 19.4 Å². The SMILES string of the molecule is CCOC(=O)C(CNC(=O)[C@H]1C[C@@H](Cc2ccc3c(n2)N(C(=O)OC(C)(C)C)CCC3)C1)NC(=O)OCc1ccccc1. The summed E-state index contributed by atoms with van der Waals surface area (Å²) in [6.45, 7) is 7.86. The second kappa shape index (κ2) is 14.3. The Labute approximate surface area is 252 Å². The number of rotatable bonds is 10. The first-order valence-electron chi connectivity index (χ1n) is 14.9. The van der Waals surface area contributed by atoms with Gasteiger partial charge in [-0.1, -0.05) is 36.4 Å². The van der Waals surface area contributed by atoms with Crippen LogP contribution < -0.4 is 15.5 Å². The van der Waals surface area contributed by atoms with Crippen molar-refractivity contribution in [1.82, 2.24) is 15.6 Å². The van der Waals surface area contributed by atoms with Crippen LogP contribution in [0.3, 0.4) is 0 Å². The molecule has 0 bridgehead atoms. The Balaban J connectivity index is 1.26. The minimum atomic E-state index is -1.07. The third kappa shape index (κ3) is 9.17. The lowest BCUT2D eigenvalue weighted by atomic mass is 9.72. The molecule has 2 N–H and O–H groups in total. The van der Waals surface area contributed by atoms with Crippen molar-refractivity contribution in [3.63, 3.8) is 0 Å². The number of carbonyl (C=O) groups excluding carboxylic acids is 4. The predicted octanol–water partition coefficient (Wildman–Crippen LogP) is 4.31. The van der Waals surface area contributed by atoms with Crippen LogP contribution in [0, 0.1) is 11.8 Å². The number of amides is 3. The molecule has 43 heavy (non-hydrogen) atoms. The van der Waals surface area contributed by atoms with Gasteiger partial charge >= 0.3 is 18.2 Å². The zero-order valence-electron chi connectivity index (χ0n) is 25.4. The molecule has 2 heterocycles. The van der Waals surface area contributed by atoms with Gasteiger partial charge in [0.2, 0.25) is 5.91 Å². The molecule has 1 fully saturated rings. The van der Waals surface area contributed by atoms with Gasteiger partial charge in [0.05, 0.1) is 6.61 Å². The van der Waals surface area contributed by atoms with E-state index in [1.165, 1.54) is 0 Å². The van der Waals surface area contributed by atoms with E-state index >= 15 is 0 Å². The van der Waals surface area contributed by atoms with Crippen LogP contribution in [0.5, 0.6) is 0 Å². The Morgan fingerprint density at radius 1 is 1.05 bits per heavy atom. The number of hydrogen-bond donors (Lipinski definition) is 2. The maximum absolute atomic E-state index is 12.8. The van der Waals surface area contributed by atoms with Gasteiger partial charge in [0.15, 0.2) is 0 Å². The third-order valence-corrected chi connectivity index (χ3v) is 7.37. The molecular weight excluding hydrogens is 552 g/mol. The fraction of sp³-hybridized carbons (Fsp3) is 0.531. The molecule has 3 amide bonds. The van der Waals surface area contributed by atoms with Gasteiger partial charge in [-0.15, -0.1) is 0 Å². The zero-order valence-corrected chi connectivity index (χ0v) is 25.4. The second-order valence-corrected chi connectivity index (χ2v) is 12.0. The summed E-state index contributed by atoms with van der Waals surface area (Å²) in [5.41, 5.74) is 2.12. The first-order chi connectivity index (χ1) is 20.5. The summed E-state index contributed by atoms with van der Waals surface area (Å²) in [5.74, 6) is -0.101. The fourth-order valence-corrected chi connectivity index (χ4v) is 5.19. The van der Waals surface area contributed by atoms with Crippen molar-refractivity contribution in [1.29, 1.82) is 0 Å². The Bertz CT molecular complexity index is 1290. The lowest BCUT2D eigenvalue weighted by Gasteiger charge is -2.35. The summed E-state index contributed by atoms with van der Waals surface area (Å²) in [7, 11) is 0. The van der Waals surface area contributed by atoms with Crippen molar-refractivity contribution in [2.45, 2.75) is 78.0 Å². The minimum Gasteiger partial charge on any atom is -0.464 e. The van der Waals surface area contributed by atoms with E-state index in [9.17, 15) is 19.2 Å². The monoisotopic (exact) mass is 594 g/mol. The summed E-state index contributed by atoms with van der Waals surface area (Å²) in [6, 6.07) is 12.1. The zero-order chi connectivity index (χ0) is 31.0. The minimum absolute atomic E-state index is 0.0517. The van der Waals surface area contributed by atoms with Crippen LogP contribution in [-0.2, 0) is 43.2 Å². The molecule has 1 aromatic carbocycles. The maximum atomic E-state index is 12.8. The second-order valence-electron chi connectivity index (χ2n) is 12.0. The number of alkyl carbamates (subject to hydrolysis) is 1. The molecule has 2 aromatic rings. The number of anilines is 1. The topological polar surface area (TPSA) is 136 Å². The highest BCUT2D eigenvalue weighted by atomic mass is 16.6. The van der Waals surface area contributed by atoms with Crippen molar-refractivity contribution in [2.24, 2.45) is 11.8 Å². The molecule has 11 heteroatoms. The molecule has 1 unspecified atom stereocenters. The number of nitrogens with one attached hydrogen (secondary N) is 2. The fourth-order valence-electron chi connectivity index (χ4n) is 5.19. The summed E-state index contributed by atoms with van der Waals surface area (Å²) in [6.07, 6.45) is 2.60. The number of benzene rings is 1. The van der Waals surface area contributed by atoms with Crippen molar-refractivity contribution >= 4 is 29.9 Å². The maximum Gasteiger partial charge on any atom is 0.416 e. The smallest absolute Gasteiger partial charge is 0.416 e. The molecular formula is C32H42N4O7. The highest BCUT2D eigenvalue weighted by Crippen LogP contribution is 2.37. The third-order valence-electron chi connectivity index (χ3n) is 7.37. The number of aryl methyl sites for hydroxylation is 1. The van der Waals surface area contributed by atoms with Crippen LogP contribution in [0.1, 0.15) is 63.8 Å². The molecule has 1 aromatic heterocycles. The summed E-state index contributed by atoms with van der Waals surface area (Å²) >= 11 is 0. The normalized spacial score (nSPS) is 18.4. The molecule has 2 aliphatic rings. The molecule has 1 atom stereocenters. The van der Waals surface area contributed by atoms with Crippen LogP contribution in [0.15, 0.2) is 42.5 Å². The van der Waals surface area contributed by atoms with E-state index in [-0.39, 0.29) is 37.5 Å². The van der Waals surface area contributed by atoms with E-state index in [2.05, 4.69) is 10.6 Å². The summed E-state index contributed by atoms with van der Waals surface area (Å²) in [5, 5.41) is 5.28. The van der Waals surface area contributed by atoms with Gasteiger partial charge in [-0.2, -0.15) is 0 Å². The number of esters is 1. The first kappa shape index (κ1) is 31.8. The van der Waals surface area contributed by atoms with E-state index < -0.39 is 29.8 Å². The Morgan fingerprint density at radius 3 is 2.49 bits per heavy atom. The molecule has 1 aliphatic carbocycles. The highest BCUT2D eigenvalue weighted by molar-refractivity contribution is 5.88. The predicted molar refractivity (Wildman–Crippen MR) is 159 cm³/mol. The quantitative estimate of drug-likeness (QED) is 0.307. The van der Waals surface area contributed by atoms with Gasteiger partial charge in [0.1, 0.15) is 24.1 Å². The summed E-state index contributed by atoms with van der Waals surface area (Å²) < 4.78 is 15.9. The number of ether oxygens (including phenoxy) is 3. The average molecular weight is 595 g/mol. The van der Waals surface area contributed by atoms with E-state index in [4.69, 9.17) is 19.2 Å². The van der Waals surface area contributed by atoms with Gasteiger partial charge in [0, 0.05) is 24.7 Å². The molecule has 4 rings (SSSR count). The van der Waals surface area contributed by atoms with Crippen LogP contribution in [0.25, 0.3) is 0 Å². The highest BCUT2D eigenvalue weighted by Gasteiger charge is 2.36. The van der Waals surface area contributed by atoms with E-state index in [0.29, 0.717) is 31.6 Å². The number of pyridine rings is 1. The first-order valence-corrected chi connectivity index (χ1v) is 14.9. The van der Waals surface area contributed by atoms with Crippen LogP contribution in [-0.4, -0.2) is 60.4 Å². The van der Waals surface area contributed by atoms with Crippen LogP contribution in [0.2, 0.25) is 0 Å². The van der Waals surface area contributed by atoms with Crippen molar-refractivity contribution in [2.75, 3.05) is 24.6 Å². The molecule has 0 saturated heterocycles. The number of hydrogen-bond acceptors (Lipinski definition) is 8. The average Bonchev–Trinajstić information content (AvgIpc) is 2.95. The number of aromatic nitrogens is 1. The van der Waals surface area contributed by atoms with Crippen molar-refractivity contribution in [3.8, 4) is 0 Å². The standard InChI is InChI=1S/C32H42N4O7/c1-5-41-29(38)26(35-30(39)42-20-21-10-7-6-8-11-21)19-33-28(37)24-16-22(17-24)18-25-14-13-23-12-9-15-36(27(23)34-25)31(40)43-32(2,3)4/h6-8,10-11,13-14,22,24,26H,5,9,12,15-20H2,1-4H3,(H,33,37)(H,35,39)/t22-,24+,26?. The summed E-state index contributed by atoms with van der Waals surface area (Å²) in [4.78, 5) is 56.8.